The number of alkyl halides is 1. The van der Waals surface area contributed by atoms with Gasteiger partial charge in [-0.3, -0.25) is 18.9 Å². The molecule has 1 fully saturated rings. The topological polar surface area (TPSA) is 183 Å². The van der Waals surface area contributed by atoms with E-state index in [1.165, 1.54) is 17.8 Å². The van der Waals surface area contributed by atoms with E-state index in [0.29, 0.717) is 11.2 Å². The molecule has 1 aliphatic rings. The average molecular weight is 658 g/mol. The van der Waals surface area contributed by atoms with Crippen molar-refractivity contribution in [2.45, 2.75) is 91.3 Å². The van der Waals surface area contributed by atoms with Crippen LogP contribution in [0.1, 0.15) is 73.1 Å². The molecule has 16 heteroatoms. The minimum absolute atomic E-state index is 0.157. The first-order valence-electron chi connectivity index (χ1n) is 15.1. The van der Waals surface area contributed by atoms with E-state index >= 15 is 4.39 Å². The van der Waals surface area contributed by atoms with Crippen LogP contribution in [0.2, 0.25) is 0 Å². The second kappa shape index (κ2) is 15.9. The summed E-state index contributed by atoms with van der Waals surface area (Å²) in [4.78, 5) is 42.2. The van der Waals surface area contributed by atoms with Gasteiger partial charge in [0.1, 0.15) is 30.7 Å². The molecule has 252 valence electrons. The van der Waals surface area contributed by atoms with Gasteiger partial charge in [-0.05, 0) is 25.0 Å². The number of nitrogens with one attached hydrogen (secondary N) is 1. The fraction of sp³-hybridized carbons (Fsp3) is 0.690. The number of carbonyl (C=O) groups excluding carboxylic acids is 3. The van der Waals surface area contributed by atoms with Crippen molar-refractivity contribution in [2.24, 2.45) is 17.8 Å². The normalized spacial score (nSPS) is 23.0. The molecule has 1 saturated heterocycles. The molecule has 3 rings (SSSR count). The lowest BCUT2D eigenvalue weighted by atomic mass is 9.95. The molecule has 1 aliphatic heterocycles. The summed E-state index contributed by atoms with van der Waals surface area (Å²) in [7, 11) is -3.19. The molecule has 3 N–H and O–H groups in total. The van der Waals surface area contributed by atoms with Crippen molar-refractivity contribution in [3.8, 4) is 0 Å². The molecule has 0 saturated carbocycles. The van der Waals surface area contributed by atoms with Crippen LogP contribution >= 0.6 is 8.18 Å². The second-order valence-corrected chi connectivity index (χ2v) is 12.9. The van der Waals surface area contributed by atoms with Gasteiger partial charge in [-0.25, -0.2) is 19.0 Å². The Balaban J connectivity index is 1.93. The number of aromatic nitrogens is 3. The molecular formula is C29H45FN5O9P. The maximum Gasteiger partial charge on any atom is 0.323 e. The zero-order chi connectivity index (χ0) is 33.5. The quantitative estimate of drug-likeness (QED) is 0.152. The maximum absolute atomic E-state index is 15.2. The minimum atomic E-state index is -3.19. The predicted octanol–water partition coefficient (Wildman–Crippen LogP) is 3.59. The Labute approximate surface area is 262 Å². The highest BCUT2D eigenvalue weighted by atomic mass is 31.1. The number of carbonyl (C=O) groups is 3. The molecule has 6 atom stereocenters. The lowest BCUT2D eigenvalue weighted by Gasteiger charge is -2.32. The number of nitrogen functional groups attached to an aromatic ring is 1. The van der Waals surface area contributed by atoms with Gasteiger partial charge < -0.3 is 29.2 Å². The van der Waals surface area contributed by atoms with Gasteiger partial charge in [0, 0.05) is 0 Å². The SMILES string of the molecule is CCC(CC)COC(=O)[C@H](C)N[PH](=O)OC[C@@]1(CF)O[C@@H](c2ccc3c(N)ncnn23)[C@H](OC(=O)C(C)C)[C@@H]1OC(=O)C(C)C. The van der Waals surface area contributed by atoms with E-state index in [0.717, 1.165) is 12.8 Å². The average Bonchev–Trinajstić information content (AvgIpc) is 3.56. The van der Waals surface area contributed by atoms with E-state index in [1.807, 2.05) is 13.8 Å². The van der Waals surface area contributed by atoms with Gasteiger partial charge in [0.15, 0.2) is 23.6 Å². The number of halogens is 1. The summed E-state index contributed by atoms with van der Waals surface area (Å²) in [5.74, 6) is -2.83. The lowest BCUT2D eigenvalue weighted by Crippen LogP contribution is -2.52. The molecule has 0 aromatic carbocycles. The number of hydrogen-bond acceptors (Lipinski definition) is 12. The molecule has 14 nitrogen and oxygen atoms in total. The molecule has 3 heterocycles. The Morgan fingerprint density at radius 1 is 1.09 bits per heavy atom. The van der Waals surface area contributed by atoms with Crippen molar-refractivity contribution in [1.82, 2.24) is 19.7 Å². The molecule has 45 heavy (non-hydrogen) atoms. The first-order chi connectivity index (χ1) is 21.3. The number of ether oxygens (including phenoxy) is 4. The van der Waals surface area contributed by atoms with E-state index in [1.54, 1.807) is 39.8 Å². The van der Waals surface area contributed by atoms with Crippen molar-refractivity contribution in [3.05, 3.63) is 24.2 Å². The summed E-state index contributed by atoms with van der Waals surface area (Å²) < 4.78 is 58.3. The Morgan fingerprint density at radius 2 is 1.73 bits per heavy atom. The van der Waals surface area contributed by atoms with Gasteiger partial charge in [-0.1, -0.05) is 54.4 Å². The first-order valence-corrected chi connectivity index (χ1v) is 16.4. The summed E-state index contributed by atoms with van der Waals surface area (Å²) in [6, 6.07) is 2.22. The molecule has 0 amide bonds. The Kier molecular flexibility index (Phi) is 12.9. The Hall–Kier alpha value is -3.13. The molecule has 0 aliphatic carbocycles. The van der Waals surface area contributed by atoms with E-state index < -0.39 is 81.2 Å². The number of anilines is 1. The van der Waals surface area contributed by atoms with Crippen LogP contribution in [0.25, 0.3) is 5.52 Å². The van der Waals surface area contributed by atoms with Crippen LogP contribution in [0.15, 0.2) is 18.5 Å². The minimum Gasteiger partial charge on any atom is -0.464 e. The van der Waals surface area contributed by atoms with E-state index in [9.17, 15) is 18.9 Å². The number of nitrogens with two attached hydrogens (primary N) is 1. The fourth-order valence-electron chi connectivity index (χ4n) is 4.67. The molecular weight excluding hydrogens is 612 g/mol. The van der Waals surface area contributed by atoms with Gasteiger partial charge in [0.25, 0.3) is 8.18 Å². The number of hydrogen-bond donors (Lipinski definition) is 2. The van der Waals surface area contributed by atoms with Crippen LogP contribution < -0.4 is 10.8 Å². The van der Waals surface area contributed by atoms with E-state index in [-0.39, 0.29) is 18.3 Å². The molecule has 2 aromatic rings. The zero-order valence-electron chi connectivity index (χ0n) is 26.8. The first kappa shape index (κ1) is 36.3. The molecule has 0 radical (unpaired) electrons. The Morgan fingerprint density at radius 3 is 2.33 bits per heavy atom. The maximum atomic E-state index is 15.2. The summed E-state index contributed by atoms with van der Waals surface area (Å²) in [6.07, 6.45) is -1.20. The van der Waals surface area contributed by atoms with Crippen LogP contribution in [-0.2, 0) is 42.4 Å². The van der Waals surface area contributed by atoms with Crippen molar-refractivity contribution in [1.29, 1.82) is 0 Å². The number of fused-ring (bicyclic) bond motifs is 1. The van der Waals surface area contributed by atoms with Crippen LogP contribution in [-0.4, -0.2) is 76.2 Å². The highest BCUT2D eigenvalue weighted by molar-refractivity contribution is 7.36. The van der Waals surface area contributed by atoms with Gasteiger partial charge in [-0.2, -0.15) is 5.10 Å². The van der Waals surface area contributed by atoms with Gasteiger partial charge in [0.2, 0.25) is 0 Å². The fourth-order valence-corrected chi connectivity index (χ4v) is 5.60. The van der Waals surface area contributed by atoms with Crippen LogP contribution in [0.4, 0.5) is 10.2 Å². The van der Waals surface area contributed by atoms with Crippen molar-refractivity contribution < 1.29 is 46.8 Å². The van der Waals surface area contributed by atoms with Gasteiger partial charge in [-0.15, -0.1) is 0 Å². The van der Waals surface area contributed by atoms with Crippen molar-refractivity contribution >= 4 is 37.4 Å². The second-order valence-electron chi connectivity index (χ2n) is 11.8. The van der Waals surface area contributed by atoms with Crippen molar-refractivity contribution in [3.63, 3.8) is 0 Å². The third kappa shape index (κ3) is 8.57. The Bertz CT molecular complexity index is 1350. The van der Waals surface area contributed by atoms with Crippen LogP contribution in [0, 0.1) is 17.8 Å². The summed E-state index contributed by atoms with van der Waals surface area (Å²) in [5.41, 5.74) is 4.65. The van der Waals surface area contributed by atoms with Crippen LogP contribution in [0.5, 0.6) is 0 Å². The van der Waals surface area contributed by atoms with E-state index in [2.05, 4.69) is 15.2 Å². The molecule has 0 bridgehead atoms. The number of rotatable bonds is 16. The van der Waals surface area contributed by atoms with Crippen LogP contribution in [0.3, 0.4) is 0 Å². The number of esters is 3. The molecule has 0 spiro atoms. The largest absolute Gasteiger partial charge is 0.464 e. The zero-order valence-corrected chi connectivity index (χ0v) is 27.8. The number of nitrogens with zero attached hydrogens (tertiary/aromatic N) is 3. The van der Waals surface area contributed by atoms with Gasteiger partial charge >= 0.3 is 17.9 Å². The highest BCUT2D eigenvalue weighted by Gasteiger charge is 2.61. The summed E-state index contributed by atoms with van der Waals surface area (Å²) in [6.45, 7) is 10.1. The molecule has 1 unspecified atom stereocenters. The summed E-state index contributed by atoms with van der Waals surface area (Å²) in [5, 5.41) is 6.77. The standard InChI is InChI=1S/C29H45FN5O9P/c1-8-19(9-2)12-40-28(38)18(7)34-45(39)41-14-29(13-30)24(43-27(37)17(5)6)23(42-26(36)16(3)4)22(44-29)20-10-11-21-25(31)32-15-33-35(20)21/h10-11,15-19,22-24,45H,8-9,12-14H2,1-7H3,(H,34,39)(H2,31,32,33)/t18-,22-,23-,24-,29+/m0/s1. The smallest absolute Gasteiger partial charge is 0.323 e. The lowest BCUT2D eigenvalue weighted by molar-refractivity contribution is -0.178. The van der Waals surface area contributed by atoms with Gasteiger partial charge in [0.05, 0.1) is 30.7 Å². The molecule has 2 aromatic heterocycles. The summed E-state index contributed by atoms with van der Waals surface area (Å²) >= 11 is 0. The predicted molar refractivity (Wildman–Crippen MR) is 162 cm³/mol. The monoisotopic (exact) mass is 657 g/mol. The third-order valence-corrected chi connectivity index (χ3v) is 8.77. The highest BCUT2D eigenvalue weighted by Crippen LogP contribution is 2.46. The van der Waals surface area contributed by atoms with Crippen molar-refractivity contribution in [2.75, 3.05) is 25.6 Å². The third-order valence-electron chi connectivity index (χ3n) is 7.70. The van der Waals surface area contributed by atoms with E-state index in [4.69, 9.17) is 29.2 Å².